The molecule has 0 aromatic heterocycles. The summed E-state index contributed by atoms with van der Waals surface area (Å²) in [6.07, 6.45) is 5.78. The number of carbonyl (C=O) groups excluding carboxylic acids is 6. The van der Waals surface area contributed by atoms with Gasteiger partial charge in [0.05, 0.1) is 13.2 Å². The summed E-state index contributed by atoms with van der Waals surface area (Å²) in [5, 5.41) is 0. The molecule has 0 saturated carbocycles. The van der Waals surface area contributed by atoms with E-state index in [0.29, 0.717) is 48.8 Å². The molecule has 234 valence electrons. The first-order valence-electron chi connectivity index (χ1n) is 15.5. The van der Waals surface area contributed by atoms with Crippen molar-refractivity contribution in [2.24, 2.45) is 0 Å². The fourth-order valence-corrected chi connectivity index (χ4v) is 6.01. The zero-order chi connectivity index (χ0) is 32.9. The lowest BCUT2D eigenvalue weighted by atomic mass is 9.78. The number of hydrogen-bond donors (Lipinski definition) is 0. The van der Waals surface area contributed by atoms with E-state index in [2.05, 4.69) is 0 Å². The number of Topliss-reactive ketones (excluding diaryl/α,β-unsaturated/α-hetero) is 4. The Balaban J connectivity index is 1.07. The quantitative estimate of drug-likeness (QED) is 0.116. The van der Waals surface area contributed by atoms with E-state index in [4.69, 9.17) is 9.47 Å². The Hall–Kier alpha value is -5.76. The van der Waals surface area contributed by atoms with Gasteiger partial charge in [-0.3, -0.25) is 19.2 Å². The molecule has 0 saturated heterocycles. The summed E-state index contributed by atoms with van der Waals surface area (Å²) in [6.45, 7) is -0.0460. The second-order valence-corrected chi connectivity index (χ2v) is 11.3. The van der Waals surface area contributed by atoms with Crippen LogP contribution in [0.15, 0.2) is 119 Å². The Morgan fingerprint density at radius 2 is 1.04 bits per heavy atom. The summed E-state index contributed by atoms with van der Waals surface area (Å²) >= 11 is 0. The van der Waals surface area contributed by atoms with Crippen molar-refractivity contribution >= 4 is 46.2 Å². The predicted molar refractivity (Wildman–Crippen MR) is 173 cm³/mol. The first-order valence-corrected chi connectivity index (χ1v) is 15.5. The van der Waals surface area contributed by atoms with Crippen LogP contribution in [0.1, 0.15) is 63.9 Å². The summed E-state index contributed by atoms with van der Waals surface area (Å²) < 4.78 is 10.9. The van der Waals surface area contributed by atoms with Crippen molar-refractivity contribution in [2.45, 2.75) is 32.1 Å². The van der Waals surface area contributed by atoms with Gasteiger partial charge in [0.2, 0.25) is 11.6 Å². The SMILES string of the molecule is O=C(OCCCCCOC(=O)C1=C(c2ccccc2)C(=O)c2ccccc2C1=O)C1=C(c2ccccc2)C(=O)C2=C(C=CCC2)C1=O. The van der Waals surface area contributed by atoms with Gasteiger partial charge in [0, 0.05) is 33.4 Å². The molecule has 0 fully saturated rings. The van der Waals surface area contributed by atoms with Crippen LogP contribution >= 0.6 is 0 Å². The smallest absolute Gasteiger partial charge is 0.342 e. The van der Waals surface area contributed by atoms with Crippen LogP contribution in [0.25, 0.3) is 11.1 Å². The van der Waals surface area contributed by atoms with Gasteiger partial charge in [-0.2, -0.15) is 0 Å². The number of hydrogen-bond acceptors (Lipinski definition) is 8. The van der Waals surface area contributed by atoms with Gasteiger partial charge < -0.3 is 9.47 Å². The van der Waals surface area contributed by atoms with Gasteiger partial charge in [-0.25, -0.2) is 9.59 Å². The molecule has 0 aliphatic heterocycles. The second-order valence-electron chi connectivity index (χ2n) is 11.3. The van der Waals surface area contributed by atoms with Crippen LogP contribution in [-0.4, -0.2) is 48.3 Å². The Labute approximate surface area is 271 Å². The van der Waals surface area contributed by atoms with E-state index < -0.39 is 29.3 Å². The molecule has 8 nitrogen and oxygen atoms in total. The Bertz CT molecular complexity index is 1940. The number of ketones is 4. The van der Waals surface area contributed by atoms with Crippen molar-refractivity contribution in [3.8, 4) is 0 Å². The number of fused-ring (bicyclic) bond motifs is 1. The maximum absolute atomic E-state index is 13.4. The molecule has 3 aliphatic rings. The number of carbonyl (C=O) groups is 6. The molecule has 0 radical (unpaired) electrons. The molecule has 0 unspecified atom stereocenters. The van der Waals surface area contributed by atoms with Crippen LogP contribution < -0.4 is 0 Å². The normalized spacial score (nSPS) is 15.9. The molecule has 0 amide bonds. The number of esters is 2. The van der Waals surface area contributed by atoms with Crippen molar-refractivity contribution < 1.29 is 38.2 Å². The van der Waals surface area contributed by atoms with Crippen molar-refractivity contribution in [1.82, 2.24) is 0 Å². The summed E-state index contributed by atoms with van der Waals surface area (Å²) in [6, 6.07) is 23.6. The first kappa shape index (κ1) is 31.2. The van der Waals surface area contributed by atoms with Crippen molar-refractivity contribution in [3.63, 3.8) is 0 Å². The molecule has 3 aromatic rings. The van der Waals surface area contributed by atoms with E-state index >= 15 is 0 Å². The molecule has 0 bridgehead atoms. The van der Waals surface area contributed by atoms with E-state index in [0.717, 1.165) is 0 Å². The highest BCUT2D eigenvalue weighted by atomic mass is 16.5. The number of benzene rings is 3. The minimum absolute atomic E-state index is 0.0118. The third-order valence-corrected chi connectivity index (χ3v) is 8.30. The third kappa shape index (κ3) is 6.10. The molecular weight excluding hydrogens is 596 g/mol. The molecule has 3 aliphatic carbocycles. The molecular formula is C39H30O8. The molecule has 6 rings (SSSR count). The highest BCUT2D eigenvalue weighted by molar-refractivity contribution is 6.47. The van der Waals surface area contributed by atoms with Gasteiger partial charge in [0.1, 0.15) is 11.1 Å². The Morgan fingerprint density at radius 3 is 1.62 bits per heavy atom. The molecule has 0 N–H and O–H groups in total. The van der Waals surface area contributed by atoms with Crippen LogP contribution in [-0.2, 0) is 28.7 Å². The van der Waals surface area contributed by atoms with E-state index in [1.54, 1.807) is 84.9 Å². The van der Waals surface area contributed by atoms with Gasteiger partial charge in [-0.05, 0) is 43.2 Å². The molecule has 0 heterocycles. The summed E-state index contributed by atoms with van der Waals surface area (Å²) in [5.41, 5.74) is 1.48. The maximum atomic E-state index is 13.4. The Kier molecular flexibility index (Phi) is 9.11. The number of unbranched alkanes of at least 4 members (excludes halogenated alkanes) is 2. The van der Waals surface area contributed by atoms with Gasteiger partial charge in [0.25, 0.3) is 0 Å². The fraction of sp³-hybridized carbons (Fsp3) is 0.179. The van der Waals surface area contributed by atoms with Crippen molar-refractivity contribution in [1.29, 1.82) is 0 Å². The number of ether oxygens (including phenoxy) is 2. The van der Waals surface area contributed by atoms with E-state index in [-0.39, 0.29) is 58.0 Å². The second kappa shape index (κ2) is 13.7. The molecule has 47 heavy (non-hydrogen) atoms. The lowest BCUT2D eigenvalue weighted by molar-refractivity contribution is -0.140. The van der Waals surface area contributed by atoms with Crippen LogP contribution in [0.5, 0.6) is 0 Å². The van der Waals surface area contributed by atoms with Crippen LogP contribution in [0.2, 0.25) is 0 Å². The van der Waals surface area contributed by atoms with E-state index in [1.807, 2.05) is 6.08 Å². The van der Waals surface area contributed by atoms with Gasteiger partial charge in [-0.1, -0.05) is 97.1 Å². The van der Waals surface area contributed by atoms with Gasteiger partial charge >= 0.3 is 11.9 Å². The van der Waals surface area contributed by atoms with Crippen LogP contribution in [0.3, 0.4) is 0 Å². The summed E-state index contributed by atoms with van der Waals surface area (Å²) in [5.74, 6) is -3.59. The lowest BCUT2D eigenvalue weighted by Crippen LogP contribution is -2.29. The lowest BCUT2D eigenvalue weighted by Gasteiger charge is -2.23. The number of allylic oxidation sites excluding steroid dienone is 6. The zero-order valence-electron chi connectivity index (χ0n) is 25.5. The molecule has 0 atom stereocenters. The molecule has 0 spiro atoms. The summed E-state index contributed by atoms with van der Waals surface area (Å²) in [4.78, 5) is 80.1. The average Bonchev–Trinajstić information content (AvgIpc) is 3.11. The fourth-order valence-electron chi connectivity index (χ4n) is 6.01. The molecule has 8 heteroatoms. The highest BCUT2D eigenvalue weighted by Crippen LogP contribution is 2.37. The predicted octanol–water partition coefficient (Wildman–Crippen LogP) is 6.03. The third-order valence-electron chi connectivity index (χ3n) is 8.30. The van der Waals surface area contributed by atoms with Crippen LogP contribution in [0.4, 0.5) is 0 Å². The largest absolute Gasteiger partial charge is 0.462 e. The Morgan fingerprint density at radius 1 is 0.553 bits per heavy atom. The first-order chi connectivity index (χ1) is 22.9. The summed E-state index contributed by atoms with van der Waals surface area (Å²) in [7, 11) is 0. The van der Waals surface area contributed by atoms with Crippen molar-refractivity contribution in [2.75, 3.05) is 13.2 Å². The minimum Gasteiger partial charge on any atom is -0.462 e. The monoisotopic (exact) mass is 626 g/mol. The topological polar surface area (TPSA) is 121 Å². The number of rotatable bonds is 10. The standard InChI is InChI=1S/C39H30O8/c40-34-26-18-8-10-20-28(26)36(42)32(30(34)24-14-4-1-5-15-24)38(44)46-22-12-3-13-23-47-39(45)33-31(25-16-6-2-7-17-25)35(41)27-19-9-11-21-29(27)37(33)43/h1-2,4-8,10-11,14-18,20-21H,3,9,12-13,19,22-23H2. The van der Waals surface area contributed by atoms with Gasteiger partial charge in [-0.15, -0.1) is 0 Å². The van der Waals surface area contributed by atoms with E-state index in [9.17, 15) is 28.8 Å². The zero-order valence-corrected chi connectivity index (χ0v) is 25.5. The minimum atomic E-state index is -0.880. The average molecular weight is 627 g/mol. The maximum Gasteiger partial charge on any atom is 0.342 e. The van der Waals surface area contributed by atoms with Crippen molar-refractivity contribution in [3.05, 3.63) is 142 Å². The highest BCUT2D eigenvalue weighted by Gasteiger charge is 2.39. The van der Waals surface area contributed by atoms with Crippen LogP contribution in [0, 0.1) is 0 Å². The van der Waals surface area contributed by atoms with Gasteiger partial charge in [0.15, 0.2) is 11.6 Å². The van der Waals surface area contributed by atoms with E-state index in [1.165, 1.54) is 6.07 Å². The molecule has 3 aromatic carbocycles.